The predicted molar refractivity (Wildman–Crippen MR) is 125 cm³/mol. The average Bonchev–Trinajstić information content (AvgIpc) is 2.77. The summed E-state index contributed by atoms with van der Waals surface area (Å²) in [5.41, 5.74) is 8.18. The van der Waals surface area contributed by atoms with E-state index < -0.39 is 0 Å². The number of benzene rings is 2. The van der Waals surface area contributed by atoms with E-state index in [9.17, 15) is 0 Å². The molecule has 0 radical (unpaired) electrons. The first-order valence-electron chi connectivity index (χ1n) is 10.9. The second-order valence-corrected chi connectivity index (χ2v) is 8.01. The van der Waals surface area contributed by atoms with Gasteiger partial charge >= 0.3 is 0 Å². The van der Waals surface area contributed by atoms with Crippen molar-refractivity contribution in [3.63, 3.8) is 0 Å². The van der Waals surface area contributed by atoms with Crippen LogP contribution in [0, 0.1) is 6.92 Å². The van der Waals surface area contributed by atoms with Gasteiger partial charge < -0.3 is 9.47 Å². The third-order valence-electron chi connectivity index (χ3n) is 5.68. The van der Waals surface area contributed by atoms with E-state index in [1.54, 1.807) is 7.11 Å². The Hall–Kier alpha value is -2.81. The molecule has 0 bridgehead atoms. The van der Waals surface area contributed by atoms with Crippen molar-refractivity contribution in [2.24, 2.45) is 0 Å². The number of ether oxygens (including phenoxy) is 2. The van der Waals surface area contributed by atoms with Crippen LogP contribution in [0.15, 0.2) is 48.7 Å². The quantitative estimate of drug-likeness (QED) is 0.410. The van der Waals surface area contributed by atoms with Crippen LogP contribution >= 0.6 is 0 Å². The maximum atomic E-state index is 6.17. The zero-order chi connectivity index (χ0) is 21.7. The normalized spacial score (nSPS) is 11.0. The number of methoxy groups -OCH3 is 1. The molecule has 0 aliphatic heterocycles. The van der Waals surface area contributed by atoms with Crippen LogP contribution in [-0.2, 0) is 19.4 Å². The summed E-state index contributed by atoms with van der Waals surface area (Å²) in [5, 5.41) is 0. The van der Waals surface area contributed by atoms with Crippen molar-refractivity contribution in [1.29, 1.82) is 0 Å². The smallest absolute Gasteiger partial charge is 0.129 e. The van der Waals surface area contributed by atoms with E-state index in [0.29, 0.717) is 12.5 Å². The van der Waals surface area contributed by atoms with Gasteiger partial charge in [0.15, 0.2) is 0 Å². The van der Waals surface area contributed by atoms with Gasteiger partial charge in [0.25, 0.3) is 0 Å². The molecule has 1 aromatic heterocycles. The lowest BCUT2D eigenvalue weighted by Crippen LogP contribution is -2.03. The summed E-state index contributed by atoms with van der Waals surface area (Å²) in [7, 11) is 1.71. The molecule has 3 rings (SSSR count). The molecule has 0 amide bonds. The molecular weight excluding hydrogens is 370 g/mol. The Morgan fingerprint density at radius 3 is 2.20 bits per heavy atom. The van der Waals surface area contributed by atoms with Gasteiger partial charge in [0.2, 0.25) is 0 Å². The second kappa shape index (κ2) is 9.80. The fraction of sp³-hybridized carbons (Fsp3) is 0.370. The van der Waals surface area contributed by atoms with Crippen molar-refractivity contribution in [3.8, 4) is 22.8 Å². The number of hydrogen-bond acceptors (Lipinski definition) is 3. The zero-order valence-corrected chi connectivity index (χ0v) is 19.1. The van der Waals surface area contributed by atoms with Gasteiger partial charge in [-0.25, -0.2) is 0 Å². The van der Waals surface area contributed by atoms with Gasteiger partial charge in [-0.3, -0.25) is 4.98 Å². The largest absolute Gasteiger partial charge is 0.496 e. The van der Waals surface area contributed by atoms with Gasteiger partial charge in [-0.15, -0.1) is 0 Å². The van der Waals surface area contributed by atoms with Gasteiger partial charge in [-0.1, -0.05) is 58.0 Å². The SMILES string of the molecule is CCc1cccc(CC)c1-c1cc(OC)c(COc2cc(C(C)C)ccc2C)cn1. The third-order valence-corrected chi connectivity index (χ3v) is 5.68. The molecule has 3 nitrogen and oxygen atoms in total. The van der Waals surface area contributed by atoms with Crippen molar-refractivity contribution in [2.45, 2.75) is 60.0 Å². The van der Waals surface area contributed by atoms with Crippen LogP contribution in [0.5, 0.6) is 11.5 Å². The first kappa shape index (κ1) is 21.9. The summed E-state index contributed by atoms with van der Waals surface area (Å²) in [5.74, 6) is 2.19. The molecule has 0 atom stereocenters. The number of hydrogen-bond donors (Lipinski definition) is 0. The van der Waals surface area contributed by atoms with Crippen molar-refractivity contribution in [2.75, 3.05) is 7.11 Å². The summed E-state index contributed by atoms with van der Waals surface area (Å²) < 4.78 is 11.9. The van der Waals surface area contributed by atoms with Gasteiger partial charge in [0.1, 0.15) is 18.1 Å². The topological polar surface area (TPSA) is 31.4 Å². The van der Waals surface area contributed by atoms with E-state index >= 15 is 0 Å². The minimum Gasteiger partial charge on any atom is -0.496 e. The van der Waals surface area contributed by atoms with Crippen LogP contribution in [-0.4, -0.2) is 12.1 Å². The summed E-state index contributed by atoms with van der Waals surface area (Å²) in [4.78, 5) is 4.80. The van der Waals surface area contributed by atoms with E-state index in [1.165, 1.54) is 22.3 Å². The van der Waals surface area contributed by atoms with Gasteiger partial charge in [-0.2, -0.15) is 0 Å². The van der Waals surface area contributed by atoms with Crippen LogP contribution < -0.4 is 9.47 Å². The van der Waals surface area contributed by atoms with Crippen molar-refractivity contribution in [1.82, 2.24) is 4.98 Å². The molecule has 3 heteroatoms. The average molecular weight is 404 g/mol. The number of pyridine rings is 1. The number of nitrogens with zero attached hydrogens (tertiary/aromatic N) is 1. The Balaban J connectivity index is 1.90. The van der Waals surface area contributed by atoms with Crippen LogP contribution in [0.2, 0.25) is 0 Å². The molecule has 0 saturated carbocycles. The lowest BCUT2D eigenvalue weighted by molar-refractivity contribution is 0.294. The van der Waals surface area contributed by atoms with Crippen molar-refractivity contribution < 1.29 is 9.47 Å². The molecular formula is C27H33NO2. The lowest BCUT2D eigenvalue weighted by Gasteiger charge is -2.16. The fourth-order valence-corrected chi connectivity index (χ4v) is 3.76. The number of rotatable bonds is 8. The highest BCUT2D eigenvalue weighted by Gasteiger charge is 2.14. The molecule has 0 aliphatic carbocycles. The Morgan fingerprint density at radius 1 is 0.900 bits per heavy atom. The maximum Gasteiger partial charge on any atom is 0.129 e. The Bertz CT molecular complexity index is 985. The monoisotopic (exact) mass is 403 g/mol. The standard InChI is InChI=1S/C27H33NO2/c1-7-20-10-9-11-21(8-2)27(20)24-15-26(29-6)23(16-28-24)17-30-25-14-22(18(3)4)13-12-19(25)5/h9-16,18H,7-8,17H2,1-6H3. The molecule has 0 N–H and O–H groups in total. The van der Waals surface area contributed by atoms with E-state index in [4.69, 9.17) is 14.5 Å². The van der Waals surface area contributed by atoms with Crippen LogP contribution in [0.4, 0.5) is 0 Å². The van der Waals surface area contributed by atoms with Crippen LogP contribution in [0.3, 0.4) is 0 Å². The molecule has 1 heterocycles. The molecule has 0 unspecified atom stereocenters. The van der Waals surface area contributed by atoms with E-state index in [2.05, 4.69) is 71.0 Å². The molecule has 0 spiro atoms. The molecule has 0 fully saturated rings. The van der Waals surface area contributed by atoms with Gasteiger partial charge in [-0.05, 0) is 54.0 Å². The fourth-order valence-electron chi connectivity index (χ4n) is 3.76. The van der Waals surface area contributed by atoms with Crippen molar-refractivity contribution in [3.05, 3.63) is 76.5 Å². The van der Waals surface area contributed by atoms with Crippen LogP contribution in [0.1, 0.15) is 61.4 Å². The highest BCUT2D eigenvalue weighted by atomic mass is 16.5. The molecule has 30 heavy (non-hydrogen) atoms. The summed E-state index contributed by atoms with van der Waals surface area (Å²) in [6.07, 6.45) is 3.84. The Morgan fingerprint density at radius 2 is 1.60 bits per heavy atom. The maximum absolute atomic E-state index is 6.17. The van der Waals surface area contributed by atoms with E-state index in [1.807, 2.05) is 12.3 Å². The molecule has 2 aromatic carbocycles. The third kappa shape index (κ3) is 4.67. The first-order valence-corrected chi connectivity index (χ1v) is 10.9. The number of aromatic nitrogens is 1. The molecule has 0 saturated heterocycles. The van der Waals surface area contributed by atoms with Gasteiger partial charge in [0, 0.05) is 23.4 Å². The lowest BCUT2D eigenvalue weighted by atomic mass is 9.94. The summed E-state index contributed by atoms with van der Waals surface area (Å²) >= 11 is 0. The highest BCUT2D eigenvalue weighted by molar-refractivity contribution is 5.69. The minimum absolute atomic E-state index is 0.425. The minimum atomic E-state index is 0.425. The van der Waals surface area contributed by atoms with E-state index in [-0.39, 0.29) is 0 Å². The molecule has 158 valence electrons. The highest BCUT2D eigenvalue weighted by Crippen LogP contribution is 2.32. The second-order valence-electron chi connectivity index (χ2n) is 8.01. The Kier molecular flexibility index (Phi) is 7.15. The molecule has 0 aliphatic rings. The number of aryl methyl sites for hydroxylation is 3. The summed E-state index contributed by atoms with van der Waals surface area (Å²) in [6.45, 7) is 11.3. The van der Waals surface area contributed by atoms with Crippen LogP contribution in [0.25, 0.3) is 11.3 Å². The zero-order valence-electron chi connectivity index (χ0n) is 19.1. The predicted octanol–water partition coefficient (Wildman–Crippen LogP) is 6.89. The van der Waals surface area contributed by atoms with Crippen molar-refractivity contribution >= 4 is 0 Å². The summed E-state index contributed by atoms with van der Waals surface area (Å²) in [6, 6.07) is 15.0. The Labute approximate surface area is 181 Å². The molecule has 3 aromatic rings. The first-order chi connectivity index (χ1) is 14.5. The van der Waals surface area contributed by atoms with E-state index in [0.717, 1.165) is 41.2 Å². The van der Waals surface area contributed by atoms with Gasteiger partial charge in [0.05, 0.1) is 12.8 Å².